The van der Waals surface area contributed by atoms with Crippen molar-refractivity contribution in [1.29, 1.82) is 0 Å². The molecule has 0 atom stereocenters. The monoisotopic (exact) mass is 384 g/mol. The summed E-state index contributed by atoms with van der Waals surface area (Å²) in [7, 11) is 1.30. The number of nitrogens with zero attached hydrogens (tertiary/aromatic N) is 2. The normalized spacial score (nSPS) is 17.0. The van der Waals surface area contributed by atoms with E-state index in [4.69, 9.17) is 23.7 Å². The van der Waals surface area contributed by atoms with E-state index in [-0.39, 0.29) is 18.8 Å². The Hall–Kier alpha value is -2.43. The summed E-state index contributed by atoms with van der Waals surface area (Å²) in [5, 5.41) is 11.1. The third-order valence-electron chi connectivity index (χ3n) is 3.78. The molecule has 1 aromatic rings. The lowest BCUT2D eigenvalue weighted by Gasteiger charge is -2.25. The second-order valence-corrected chi connectivity index (χ2v) is 5.59. The molecule has 0 amide bonds. The Kier molecular flexibility index (Phi) is 8.75. The summed E-state index contributed by atoms with van der Waals surface area (Å²) in [5.74, 6) is -0.147. The van der Waals surface area contributed by atoms with Crippen molar-refractivity contribution in [3.05, 3.63) is 28.3 Å². The Morgan fingerprint density at radius 1 is 1.11 bits per heavy atom. The minimum absolute atomic E-state index is 0.0406. The van der Waals surface area contributed by atoms with Crippen LogP contribution < -0.4 is 9.64 Å². The van der Waals surface area contributed by atoms with Crippen LogP contribution in [0.1, 0.15) is 0 Å². The van der Waals surface area contributed by atoms with Crippen LogP contribution in [0.5, 0.6) is 5.75 Å². The topological polar surface area (TPSA) is 110 Å². The summed E-state index contributed by atoms with van der Waals surface area (Å²) in [4.78, 5) is 24.1. The lowest BCUT2D eigenvalue weighted by molar-refractivity contribution is -0.384. The van der Waals surface area contributed by atoms with Crippen molar-refractivity contribution in [1.82, 2.24) is 0 Å². The molecule has 1 heterocycles. The van der Waals surface area contributed by atoms with Gasteiger partial charge in [-0.25, -0.2) is 0 Å². The highest BCUT2D eigenvalue weighted by Crippen LogP contribution is 2.32. The smallest absolute Gasteiger partial charge is 0.325 e. The van der Waals surface area contributed by atoms with Gasteiger partial charge in [0.1, 0.15) is 18.9 Å². The van der Waals surface area contributed by atoms with Gasteiger partial charge < -0.3 is 28.6 Å². The molecule has 2 rings (SSSR count). The van der Waals surface area contributed by atoms with Crippen molar-refractivity contribution in [3.63, 3.8) is 0 Å². The van der Waals surface area contributed by atoms with Crippen LogP contribution in [0, 0.1) is 10.1 Å². The van der Waals surface area contributed by atoms with Crippen LogP contribution >= 0.6 is 0 Å². The Balaban J connectivity index is 2.25. The van der Waals surface area contributed by atoms with E-state index in [0.29, 0.717) is 57.6 Å². The summed E-state index contributed by atoms with van der Waals surface area (Å²) in [6.07, 6.45) is 0. The van der Waals surface area contributed by atoms with Gasteiger partial charge in [0.05, 0.1) is 63.4 Å². The van der Waals surface area contributed by atoms with Gasteiger partial charge in [0, 0.05) is 12.6 Å². The number of hydrogen-bond acceptors (Lipinski definition) is 9. The number of rotatable bonds is 3. The number of methoxy groups -OCH3 is 1. The number of non-ortho nitro benzene ring substituents is 1. The predicted octanol–water partition coefficient (Wildman–Crippen LogP) is 1.02. The molecule has 0 radical (unpaired) electrons. The molecule has 0 bridgehead atoms. The van der Waals surface area contributed by atoms with Crippen molar-refractivity contribution in [2.45, 2.75) is 0 Å². The lowest BCUT2D eigenvalue weighted by atomic mass is 10.2. The maximum absolute atomic E-state index is 11.8. The molecule has 1 aromatic carbocycles. The molecule has 0 saturated heterocycles. The third kappa shape index (κ3) is 7.00. The van der Waals surface area contributed by atoms with Gasteiger partial charge in [-0.15, -0.1) is 0 Å². The van der Waals surface area contributed by atoms with Gasteiger partial charge in [-0.1, -0.05) is 0 Å². The molecule has 0 aromatic heterocycles. The summed E-state index contributed by atoms with van der Waals surface area (Å²) in [6.45, 7) is 2.90. The molecule has 0 unspecified atom stereocenters. The Bertz CT molecular complexity index is 625. The second kappa shape index (κ2) is 11.3. The van der Waals surface area contributed by atoms with Crippen molar-refractivity contribution in [3.8, 4) is 5.75 Å². The molecule has 0 spiro atoms. The molecule has 0 saturated carbocycles. The van der Waals surface area contributed by atoms with Crippen LogP contribution in [0.4, 0.5) is 11.4 Å². The third-order valence-corrected chi connectivity index (χ3v) is 3.78. The van der Waals surface area contributed by atoms with Crippen molar-refractivity contribution < 1.29 is 33.4 Å². The number of nitro benzene ring substituents is 1. The van der Waals surface area contributed by atoms with E-state index in [2.05, 4.69) is 0 Å². The minimum Gasteiger partial charge on any atom is -0.489 e. The van der Waals surface area contributed by atoms with Crippen LogP contribution in [0.25, 0.3) is 0 Å². The van der Waals surface area contributed by atoms with Gasteiger partial charge in [-0.2, -0.15) is 0 Å². The number of hydrogen-bond donors (Lipinski definition) is 0. The summed E-state index contributed by atoms with van der Waals surface area (Å²) in [5.41, 5.74) is 0.441. The number of anilines is 1. The maximum Gasteiger partial charge on any atom is 0.325 e. The molecule has 1 aliphatic rings. The number of ether oxygens (including phenoxy) is 5. The van der Waals surface area contributed by atoms with Crippen molar-refractivity contribution >= 4 is 17.3 Å². The number of carbonyl (C=O) groups is 1. The molecule has 10 nitrogen and oxygen atoms in total. The number of benzene rings is 1. The first-order chi connectivity index (χ1) is 13.1. The van der Waals surface area contributed by atoms with Gasteiger partial charge in [0.15, 0.2) is 0 Å². The molecular formula is C17H24N2O8. The highest BCUT2D eigenvalue weighted by atomic mass is 16.6. The van der Waals surface area contributed by atoms with E-state index in [0.717, 1.165) is 0 Å². The van der Waals surface area contributed by atoms with E-state index in [9.17, 15) is 14.9 Å². The number of fused-ring (bicyclic) bond motifs is 1. The average molecular weight is 384 g/mol. The highest BCUT2D eigenvalue weighted by Gasteiger charge is 2.19. The van der Waals surface area contributed by atoms with E-state index < -0.39 is 10.9 Å². The largest absolute Gasteiger partial charge is 0.489 e. The zero-order valence-corrected chi connectivity index (χ0v) is 15.3. The zero-order chi connectivity index (χ0) is 19.5. The SMILES string of the molecule is COC(=O)CN1CCOCCOCCOCCOc2cc([N+](=O)[O-])ccc21. The standard InChI is InChI=1S/C17H24N2O8/c1-23-17(20)13-18-4-5-24-6-7-25-8-9-26-10-11-27-16-12-14(19(21)22)2-3-15(16)18/h2-3,12H,4-11,13H2,1H3. The maximum atomic E-state index is 11.8. The average Bonchev–Trinajstić information content (AvgIpc) is 2.67. The summed E-state index contributed by atoms with van der Waals surface area (Å²) < 4.78 is 26.7. The van der Waals surface area contributed by atoms with Crippen LogP contribution in [0.2, 0.25) is 0 Å². The van der Waals surface area contributed by atoms with Gasteiger partial charge in [0.25, 0.3) is 5.69 Å². The number of esters is 1. The van der Waals surface area contributed by atoms with Crippen LogP contribution in [0.3, 0.4) is 0 Å². The van der Waals surface area contributed by atoms with E-state index in [1.807, 2.05) is 0 Å². The Morgan fingerprint density at radius 3 is 2.37 bits per heavy atom. The van der Waals surface area contributed by atoms with Gasteiger partial charge in [-0.05, 0) is 6.07 Å². The quantitative estimate of drug-likeness (QED) is 0.428. The zero-order valence-electron chi connectivity index (χ0n) is 15.3. The molecule has 1 aliphatic heterocycles. The Labute approximate surface area is 157 Å². The molecule has 150 valence electrons. The first-order valence-corrected chi connectivity index (χ1v) is 8.58. The number of nitro groups is 1. The van der Waals surface area contributed by atoms with E-state index in [1.165, 1.54) is 19.2 Å². The summed E-state index contributed by atoms with van der Waals surface area (Å²) in [6, 6.07) is 4.26. The first kappa shape index (κ1) is 20.9. The fourth-order valence-electron chi connectivity index (χ4n) is 2.43. The molecule has 10 heteroatoms. The fourth-order valence-corrected chi connectivity index (χ4v) is 2.43. The Morgan fingerprint density at radius 2 is 1.74 bits per heavy atom. The lowest BCUT2D eigenvalue weighted by Crippen LogP contribution is -2.34. The van der Waals surface area contributed by atoms with Crippen molar-refractivity contribution in [2.75, 3.05) is 71.3 Å². The van der Waals surface area contributed by atoms with E-state index >= 15 is 0 Å². The molecule has 0 fully saturated rings. The highest BCUT2D eigenvalue weighted by molar-refractivity contribution is 5.77. The van der Waals surface area contributed by atoms with Crippen molar-refractivity contribution in [2.24, 2.45) is 0 Å². The molecule has 0 aliphatic carbocycles. The van der Waals surface area contributed by atoms with Gasteiger partial charge in [-0.3, -0.25) is 14.9 Å². The molecule has 0 N–H and O–H groups in total. The molecule has 27 heavy (non-hydrogen) atoms. The number of carbonyl (C=O) groups excluding carboxylic acids is 1. The fraction of sp³-hybridized carbons (Fsp3) is 0.588. The second-order valence-electron chi connectivity index (χ2n) is 5.59. The van der Waals surface area contributed by atoms with Gasteiger partial charge >= 0.3 is 5.97 Å². The van der Waals surface area contributed by atoms with Gasteiger partial charge in [0.2, 0.25) is 0 Å². The first-order valence-electron chi connectivity index (χ1n) is 8.58. The van der Waals surface area contributed by atoms with Crippen LogP contribution in [-0.4, -0.2) is 77.3 Å². The minimum atomic E-state index is -0.499. The molecular weight excluding hydrogens is 360 g/mol. The van der Waals surface area contributed by atoms with Crippen LogP contribution in [0.15, 0.2) is 18.2 Å². The predicted molar refractivity (Wildman–Crippen MR) is 95.3 cm³/mol. The van der Waals surface area contributed by atoms with E-state index in [1.54, 1.807) is 11.0 Å². The van der Waals surface area contributed by atoms with Crippen LogP contribution in [-0.2, 0) is 23.7 Å². The summed E-state index contributed by atoms with van der Waals surface area (Å²) >= 11 is 0.